The van der Waals surface area contributed by atoms with E-state index in [1.165, 1.54) is 0 Å². The molecule has 1 unspecified atom stereocenters. The molecule has 0 amide bonds. The van der Waals surface area contributed by atoms with Gasteiger partial charge in [0.05, 0.1) is 6.04 Å². The fraction of sp³-hybridized carbons (Fsp3) is 0.364. The molecule has 2 heterocycles. The first-order chi connectivity index (χ1) is 8.22. The van der Waals surface area contributed by atoms with Crippen LogP contribution in [0.2, 0.25) is 0 Å². The molecule has 0 radical (unpaired) electrons. The van der Waals surface area contributed by atoms with Crippen LogP contribution in [-0.4, -0.2) is 21.7 Å². The van der Waals surface area contributed by atoms with Gasteiger partial charge in [0, 0.05) is 10.7 Å². The number of hydrogen-bond donors (Lipinski definition) is 1. The van der Waals surface area contributed by atoms with E-state index in [9.17, 15) is 0 Å². The Balaban J connectivity index is 2.27. The second-order valence-corrected chi connectivity index (χ2v) is 4.41. The maximum Gasteiger partial charge on any atom is 0.267 e. The van der Waals surface area contributed by atoms with E-state index in [1.807, 2.05) is 26.0 Å². The lowest BCUT2D eigenvalue weighted by atomic mass is 10.3. The summed E-state index contributed by atoms with van der Waals surface area (Å²) in [5, 5.41) is 11.2. The van der Waals surface area contributed by atoms with Crippen molar-refractivity contribution in [2.45, 2.75) is 19.9 Å². The Hall–Kier alpha value is -1.27. The van der Waals surface area contributed by atoms with E-state index in [0.29, 0.717) is 17.5 Å². The minimum atomic E-state index is 0.0451. The Morgan fingerprint density at radius 1 is 1.47 bits per heavy atom. The average Bonchev–Trinajstić information content (AvgIpc) is 2.79. The normalized spacial score (nSPS) is 12.6. The fourth-order valence-electron chi connectivity index (χ4n) is 1.44. The molecule has 0 fully saturated rings. The Bertz CT molecular complexity index is 500. The van der Waals surface area contributed by atoms with Crippen LogP contribution in [0.1, 0.15) is 25.8 Å². The summed E-state index contributed by atoms with van der Waals surface area (Å²) in [4.78, 5) is 4.20. The van der Waals surface area contributed by atoms with E-state index in [1.54, 1.807) is 6.20 Å². The van der Waals surface area contributed by atoms with Crippen LogP contribution in [-0.2, 0) is 0 Å². The Labute approximate surface area is 108 Å². The lowest BCUT2D eigenvalue weighted by Crippen LogP contribution is -2.17. The molecule has 2 aromatic rings. The molecule has 2 aromatic heterocycles. The second kappa shape index (κ2) is 5.37. The standard InChI is InChI=1S/C11H13BrN4O/c1-3-13-7(2)10-15-16-11(17-10)9-8(12)5-4-6-14-9/h4-7,13H,3H2,1-2H3. The lowest BCUT2D eigenvalue weighted by Gasteiger charge is -2.05. The Morgan fingerprint density at radius 3 is 3.00 bits per heavy atom. The van der Waals surface area contributed by atoms with Gasteiger partial charge in [-0.25, -0.2) is 4.98 Å². The SMILES string of the molecule is CCNC(C)c1nnc(-c2ncccc2Br)o1. The summed E-state index contributed by atoms with van der Waals surface area (Å²) in [5.74, 6) is 0.997. The van der Waals surface area contributed by atoms with Crippen LogP contribution < -0.4 is 5.32 Å². The summed E-state index contributed by atoms with van der Waals surface area (Å²) in [7, 11) is 0. The highest BCUT2D eigenvalue weighted by molar-refractivity contribution is 9.10. The van der Waals surface area contributed by atoms with Crippen molar-refractivity contribution in [3.8, 4) is 11.6 Å². The number of hydrogen-bond acceptors (Lipinski definition) is 5. The smallest absolute Gasteiger partial charge is 0.267 e. The van der Waals surface area contributed by atoms with Gasteiger partial charge >= 0.3 is 0 Å². The highest BCUT2D eigenvalue weighted by Gasteiger charge is 2.16. The summed E-state index contributed by atoms with van der Waals surface area (Å²) in [6.07, 6.45) is 1.69. The summed E-state index contributed by atoms with van der Waals surface area (Å²) < 4.78 is 6.43. The molecular weight excluding hydrogens is 284 g/mol. The zero-order chi connectivity index (χ0) is 12.3. The van der Waals surface area contributed by atoms with Crippen molar-refractivity contribution < 1.29 is 4.42 Å². The van der Waals surface area contributed by atoms with Crippen LogP contribution in [0.3, 0.4) is 0 Å². The van der Waals surface area contributed by atoms with E-state index < -0.39 is 0 Å². The van der Waals surface area contributed by atoms with Gasteiger partial charge in [-0.05, 0) is 41.5 Å². The minimum Gasteiger partial charge on any atom is -0.418 e. The monoisotopic (exact) mass is 296 g/mol. The number of nitrogens with zero attached hydrogens (tertiary/aromatic N) is 3. The van der Waals surface area contributed by atoms with Gasteiger partial charge in [0.15, 0.2) is 0 Å². The predicted octanol–water partition coefficient (Wildman–Crippen LogP) is 2.56. The van der Waals surface area contributed by atoms with Gasteiger partial charge in [-0.3, -0.25) is 0 Å². The Kier molecular flexibility index (Phi) is 3.86. The van der Waals surface area contributed by atoms with E-state index in [0.717, 1.165) is 11.0 Å². The van der Waals surface area contributed by atoms with Crippen LogP contribution >= 0.6 is 15.9 Å². The first-order valence-corrected chi connectivity index (χ1v) is 6.19. The number of halogens is 1. The van der Waals surface area contributed by atoms with Crippen LogP contribution in [0.4, 0.5) is 0 Å². The molecule has 0 aliphatic rings. The van der Waals surface area contributed by atoms with Crippen molar-refractivity contribution in [3.05, 3.63) is 28.7 Å². The molecule has 1 atom stereocenters. The summed E-state index contributed by atoms with van der Waals surface area (Å²) in [6.45, 7) is 4.86. The van der Waals surface area contributed by atoms with Gasteiger partial charge in [0.25, 0.3) is 5.89 Å². The first kappa shape index (κ1) is 12.2. The largest absolute Gasteiger partial charge is 0.418 e. The third kappa shape index (κ3) is 2.70. The number of pyridine rings is 1. The summed E-state index contributed by atoms with van der Waals surface area (Å²) in [5.41, 5.74) is 0.662. The number of rotatable bonds is 4. The highest BCUT2D eigenvalue weighted by Crippen LogP contribution is 2.25. The number of aromatic nitrogens is 3. The van der Waals surface area contributed by atoms with Gasteiger partial charge in [-0.1, -0.05) is 6.92 Å². The lowest BCUT2D eigenvalue weighted by molar-refractivity contribution is 0.428. The van der Waals surface area contributed by atoms with Crippen molar-refractivity contribution in [2.24, 2.45) is 0 Å². The van der Waals surface area contributed by atoms with Crippen molar-refractivity contribution in [3.63, 3.8) is 0 Å². The molecule has 90 valence electrons. The van der Waals surface area contributed by atoms with Gasteiger partial charge in [-0.15, -0.1) is 10.2 Å². The van der Waals surface area contributed by atoms with Gasteiger partial charge < -0.3 is 9.73 Å². The van der Waals surface area contributed by atoms with E-state index >= 15 is 0 Å². The third-order valence-electron chi connectivity index (χ3n) is 2.28. The first-order valence-electron chi connectivity index (χ1n) is 5.40. The van der Waals surface area contributed by atoms with Crippen LogP contribution in [0, 0.1) is 0 Å². The molecule has 0 saturated heterocycles. The van der Waals surface area contributed by atoms with Gasteiger partial charge in [0.1, 0.15) is 5.69 Å². The van der Waals surface area contributed by atoms with E-state index in [4.69, 9.17) is 4.42 Å². The van der Waals surface area contributed by atoms with Gasteiger partial charge in [-0.2, -0.15) is 0 Å². The molecule has 6 heteroatoms. The highest BCUT2D eigenvalue weighted by atomic mass is 79.9. The third-order valence-corrected chi connectivity index (χ3v) is 2.92. The average molecular weight is 297 g/mol. The minimum absolute atomic E-state index is 0.0451. The van der Waals surface area contributed by atoms with Crippen LogP contribution in [0.5, 0.6) is 0 Å². The molecule has 0 aliphatic heterocycles. The summed E-state index contributed by atoms with van der Waals surface area (Å²) in [6, 6.07) is 3.77. The van der Waals surface area contributed by atoms with Crippen molar-refractivity contribution in [2.75, 3.05) is 6.54 Å². The van der Waals surface area contributed by atoms with Gasteiger partial charge in [0.2, 0.25) is 5.89 Å². The second-order valence-electron chi connectivity index (χ2n) is 3.56. The van der Waals surface area contributed by atoms with Crippen molar-refractivity contribution in [1.82, 2.24) is 20.5 Å². The predicted molar refractivity (Wildman–Crippen MR) is 67.3 cm³/mol. The zero-order valence-electron chi connectivity index (χ0n) is 9.64. The zero-order valence-corrected chi connectivity index (χ0v) is 11.2. The maximum absolute atomic E-state index is 5.59. The quantitative estimate of drug-likeness (QED) is 0.939. The molecule has 17 heavy (non-hydrogen) atoms. The number of nitrogens with one attached hydrogen (secondary N) is 1. The maximum atomic E-state index is 5.59. The molecule has 0 aromatic carbocycles. The van der Waals surface area contributed by atoms with Crippen molar-refractivity contribution in [1.29, 1.82) is 0 Å². The molecule has 2 rings (SSSR count). The van der Waals surface area contributed by atoms with E-state index in [-0.39, 0.29) is 6.04 Å². The molecule has 1 N–H and O–H groups in total. The van der Waals surface area contributed by atoms with Crippen LogP contribution in [0.25, 0.3) is 11.6 Å². The molecular formula is C11H13BrN4O. The Morgan fingerprint density at radius 2 is 2.29 bits per heavy atom. The molecule has 5 nitrogen and oxygen atoms in total. The van der Waals surface area contributed by atoms with Crippen molar-refractivity contribution >= 4 is 15.9 Å². The molecule has 0 saturated carbocycles. The topological polar surface area (TPSA) is 63.8 Å². The van der Waals surface area contributed by atoms with E-state index in [2.05, 4.69) is 36.4 Å². The molecule has 0 bridgehead atoms. The molecule has 0 spiro atoms. The fourth-order valence-corrected chi connectivity index (χ4v) is 1.87. The molecule has 0 aliphatic carbocycles. The van der Waals surface area contributed by atoms with Crippen LogP contribution in [0.15, 0.2) is 27.2 Å². The summed E-state index contributed by atoms with van der Waals surface area (Å²) >= 11 is 3.40.